The number of hydrogen-bond donors (Lipinski definition) is 2. The van der Waals surface area contributed by atoms with E-state index in [1.54, 1.807) is 6.07 Å². The minimum Gasteiger partial charge on any atom is -0.618 e. The second-order valence-electron chi connectivity index (χ2n) is 3.90. The van der Waals surface area contributed by atoms with E-state index in [1.807, 2.05) is 0 Å². The maximum absolute atomic E-state index is 12.2. The SMILES string of the molecule is O=c1[nH]nc(O)c2c1cc1cc(Cl)c(Br)cc1[n+]2[O-]. The van der Waals surface area contributed by atoms with Crippen LogP contribution in [0, 0.1) is 5.21 Å². The van der Waals surface area contributed by atoms with Crippen molar-refractivity contribution in [1.29, 1.82) is 0 Å². The Bertz CT molecular complexity index is 894. The van der Waals surface area contributed by atoms with Gasteiger partial charge >= 0.3 is 5.88 Å². The van der Waals surface area contributed by atoms with Crippen LogP contribution in [0.2, 0.25) is 5.02 Å². The van der Waals surface area contributed by atoms with Crippen molar-refractivity contribution < 1.29 is 9.84 Å². The molecule has 0 unspecified atom stereocenters. The summed E-state index contributed by atoms with van der Waals surface area (Å²) in [5.74, 6) is -0.530. The summed E-state index contributed by atoms with van der Waals surface area (Å²) in [6.07, 6.45) is 0. The second kappa shape index (κ2) is 4.07. The summed E-state index contributed by atoms with van der Waals surface area (Å²) in [5, 5.41) is 28.3. The zero-order chi connectivity index (χ0) is 13.7. The van der Waals surface area contributed by atoms with Crippen LogP contribution < -0.4 is 10.3 Å². The van der Waals surface area contributed by atoms with Gasteiger partial charge in [0.15, 0.2) is 0 Å². The van der Waals surface area contributed by atoms with Crippen molar-refractivity contribution in [3.8, 4) is 5.88 Å². The standard InChI is InChI=1S/C11H5BrClN3O3/c12-6-3-8-4(2-7(6)13)1-5-9(16(8)19)11(18)15-14-10(5)17/h1-3H,(H,14,17)(H,15,18). The molecule has 6 nitrogen and oxygen atoms in total. The number of nitrogens with zero attached hydrogens (tertiary/aromatic N) is 2. The lowest BCUT2D eigenvalue weighted by Gasteiger charge is -2.07. The quantitative estimate of drug-likeness (QED) is 0.370. The Morgan fingerprint density at radius 1 is 1.42 bits per heavy atom. The number of hydrogen-bond acceptors (Lipinski definition) is 4. The van der Waals surface area contributed by atoms with Gasteiger partial charge in [0, 0.05) is 10.5 Å². The largest absolute Gasteiger partial charge is 0.618 e. The summed E-state index contributed by atoms with van der Waals surface area (Å²) >= 11 is 9.17. The van der Waals surface area contributed by atoms with E-state index < -0.39 is 11.4 Å². The highest BCUT2D eigenvalue weighted by Crippen LogP contribution is 2.28. The Hall–Kier alpha value is -1.86. The molecule has 0 aliphatic carbocycles. The van der Waals surface area contributed by atoms with Gasteiger partial charge < -0.3 is 10.3 Å². The van der Waals surface area contributed by atoms with E-state index in [0.717, 1.165) is 0 Å². The maximum atomic E-state index is 12.2. The molecule has 0 aliphatic heterocycles. The number of pyridine rings is 1. The predicted octanol–water partition coefficient (Wildman–Crippen LogP) is 1.83. The number of halogens is 2. The zero-order valence-electron chi connectivity index (χ0n) is 9.15. The van der Waals surface area contributed by atoms with Gasteiger partial charge in [-0.25, -0.2) is 5.10 Å². The molecule has 3 rings (SSSR count). The van der Waals surface area contributed by atoms with Gasteiger partial charge in [-0.15, -0.1) is 5.10 Å². The average Bonchev–Trinajstić information content (AvgIpc) is 2.36. The molecule has 2 aromatic heterocycles. The van der Waals surface area contributed by atoms with E-state index in [4.69, 9.17) is 11.6 Å². The van der Waals surface area contributed by atoms with E-state index >= 15 is 0 Å². The minimum atomic E-state index is -0.557. The summed E-state index contributed by atoms with van der Waals surface area (Å²) in [5.41, 5.74) is -0.463. The molecular formula is C11H5BrClN3O3. The first kappa shape index (κ1) is 12.2. The van der Waals surface area contributed by atoms with Crippen molar-refractivity contribution in [2.24, 2.45) is 0 Å². The summed E-state index contributed by atoms with van der Waals surface area (Å²) in [6.45, 7) is 0. The van der Waals surface area contributed by atoms with Gasteiger partial charge in [-0.1, -0.05) is 11.6 Å². The predicted molar refractivity (Wildman–Crippen MR) is 73.2 cm³/mol. The van der Waals surface area contributed by atoms with E-state index in [-0.39, 0.29) is 16.4 Å². The number of fused-ring (bicyclic) bond motifs is 2. The third kappa shape index (κ3) is 1.73. The molecule has 0 radical (unpaired) electrons. The van der Waals surface area contributed by atoms with Crippen LogP contribution in [-0.4, -0.2) is 15.3 Å². The number of aromatic hydroxyl groups is 1. The summed E-state index contributed by atoms with van der Waals surface area (Å²) in [7, 11) is 0. The number of aromatic amines is 1. The van der Waals surface area contributed by atoms with Gasteiger partial charge in [0.2, 0.25) is 5.52 Å². The van der Waals surface area contributed by atoms with Gasteiger partial charge in [-0.3, -0.25) is 4.79 Å². The molecule has 2 heterocycles. The van der Waals surface area contributed by atoms with Crippen LogP contribution >= 0.6 is 27.5 Å². The first-order valence-electron chi connectivity index (χ1n) is 5.11. The second-order valence-corrected chi connectivity index (χ2v) is 5.16. The lowest BCUT2D eigenvalue weighted by atomic mass is 10.1. The highest BCUT2D eigenvalue weighted by Gasteiger charge is 2.19. The highest BCUT2D eigenvalue weighted by atomic mass is 79.9. The fourth-order valence-electron chi connectivity index (χ4n) is 1.90. The van der Waals surface area contributed by atoms with Crippen molar-refractivity contribution in [2.75, 3.05) is 0 Å². The number of benzene rings is 1. The van der Waals surface area contributed by atoms with Gasteiger partial charge in [0.1, 0.15) is 5.39 Å². The van der Waals surface area contributed by atoms with E-state index in [1.165, 1.54) is 12.1 Å². The first-order valence-corrected chi connectivity index (χ1v) is 6.29. The van der Waals surface area contributed by atoms with E-state index in [0.29, 0.717) is 19.6 Å². The van der Waals surface area contributed by atoms with Gasteiger partial charge in [-0.05, 0) is 28.1 Å². The lowest BCUT2D eigenvalue weighted by Crippen LogP contribution is -2.30. The number of H-pyrrole nitrogens is 1. The molecule has 2 N–H and O–H groups in total. The molecule has 0 amide bonds. The number of rotatable bonds is 0. The van der Waals surface area contributed by atoms with Crippen LogP contribution in [0.5, 0.6) is 5.88 Å². The molecule has 8 heteroatoms. The Balaban J connectivity index is 2.64. The Morgan fingerprint density at radius 3 is 2.89 bits per heavy atom. The molecule has 0 spiro atoms. The van der Waals surface area contributed by atoms with Crippen molar-refractivity contribution >= 4 is 49.3 Å². The maximum Gasteiger partial charge on any atom is 0.304 e. The average molecular weight is 343 g/mol. The molecule has 0 bridgehead atoms. The molecule has 0 saturated heterocycles. The van der Waals surface area contributed by atoms with Gasteiger partial charge in [-0.2, -0.15) is 4.73 Å². The van der Waals surface area contributed by atoms with Crippen LogP contribution in [0.3, 0.4) is 0 Å². The first-order chi connectivity index (χ1) is 8.99. The van der Waals surface area contributed by atoms with Crippen LogP contribution in [0.1, 0.15) is 0 Å². The van der Waals surface area contributed by atoms with Gasteiger partial charge in [0.25, 0.3) is 11.1 Å². The Morgan fingerprint density at radius 2 is 2.16 bits per heavy atom. The van der Waals surface area contributed by atoms with Crippen molar-refractivity contribution in [3.63, 3.8) is 0 Å². The minimum absolute atomic E-state index is 0.0494. The third-order valence-electron chi connectivity index (χ3n) is 2.77. The fraction of sp³-hybridized carbons (Fsp3) is 0. The molecule has 3 aromatic rings. The van der Waals surface area contributed by atoms with Crippen molar-refractivity contribution in [2.45, 2.75) is 0 Å². The van der Waals surface area contributed by atoms with Gasteiger partial charge in [0.05, 0.1) is 10.4 Å². The van der Waals surface area contributed by atoms with Crippen LogP contribution in [0.15, 0.2) is 27.5 Å². The van der Waals surface area contributed by atoms with Crippen LogP contribution in [0.4, 0.5) is 0 Å². The zero-order valence-corrected chi connectivity index (χ0v) is 11.5. The van der Waals surface area contributed by atoms with Crippen molar-refractivity contribution in [1.82, 2.24) is 10.2 Å². The van der Waals surface area contributed by atoms with E-state index in [9.17, 15) is 15.1 Å². The molecular weight excluding hydrogens is 337 g/mol. The smallest absolute Gasteiger partial charge is 0.304 e. The summed E-state index contributed by atoms with van der Waals surface area (Å²) < 4.78 is 1.01. The molecule has 0 aliphatic rings. The molecule has 0 fully saturated rings. The third-order valence-corrected chi connectivity index (χ3v) is 3.96. The van der Waals surface area contributed by atoms with Crippen LogP contribution in [0.25, 0.3) is 21.8 Å². The van der Waals surface area contributed by atoms with Crippen molar-refractivity contribution in [3.05, 3.63) is 43.3 Å². The number of nitrogens with one attached hydrogen (secondary N) is 1. The molecule has 96 valence electrons. The van der Waals surface area contributed by atoms with E-state index in [2.05, 4.69) is 26.1 Å². The Kier molecular flexibility index (Phi) is 2.61. The molecule has 1 aromatic carbocycles. The monoisotopic (exact) mass is 341 g/mol. The topological polar surface area (TPSA) is 92.9 Å². The molecule has 19 heavy (non-hydrogen) atoms. The summed E-state index contributed by atoms with van der Waals surface area (Å²) in [4.78, 5) is 11.7. The highest BCUT2D eigenvalue weighted by molar-refractivity contribution is 9.10. The summed E-state index contributed by atoms with van der Waals surface area (Å²) in [6, 6.07) is 4.56. The number of aromatic nitrogens is 3. The Labute approximate surface area is 119 Å². The fourth-order valence-corrected chi connectivity index (χ4v) is 2.40. The lowest BCUT2D eigenvalue weighted by molar-refractivity contribution is -0.548. The molecule has 0 saturated carbocycles. The van der Waals surface area contributed by atoms with Crippen LogP contribution in [-0.2, 0) is 0 Å². The molecule has 0 atom stereocenters. The normalized spacial score (nSPS) is 11.3.